The van der Waals surface area contributed by atoms with Crippen LogP contribution in [-0.2, 0) is 52.1 Å². The smallest absolute Gasteiger partial charge is 1.00 e. The van der Waals surface area contributed by atoms with Crippen LogP contribution in [0.25, 0.3) is 0 Å². The van der Waals surface area contributed by atoms with Crippen molar-refractivity contribution in [2.45, 2.75) is 0 Å². The largest absolute Gasteiger partial charge is 2.00 e. The van der Waals surface area contributed by atoms with Crippen LogP contribution in [-0.4, -0.2) is 37.7 Å². The van der Waals surface area contributed by atoms with Crippen molar-refractivity contribution in [1.82, 2.24) is 0 Å². The summed E-state index contributed by atoms with van der Waals surface area (Å²) in [6.07, 6.45) is 0. The Morgan fingerprint density at radius 2 is 1.25 bits per heavy atom. The summed E-state index contributed by atoms with van der Waals surface area (Å²) >= 11 is 0. The Morgan fingerprint density at radius 3 is 1.25 bits per heavy atom. The van der Waals surface area contributed by atoms with Crippen LogP contribution in [0.5, 0.6) is 0 Å². The molecule has 0 saturated heterocycles. The summed E-state index contributed by atoms with van der Waals surface area (Å²) in [5.41, 5.74) is 0. The van der Waals surface area contributed by atoms with Gasteiger partial charge in [-0.1, -0.05) is 0 Å². The third-order valence-electron chi connectivity index (χ3n) is 0. The van der Waals surface area contributed by atoms with Crippen LogP contribution in [0.2, 0.25) is 0 Å². The van der Waals surface area contributed by atoms with E-state index in [1.807, 2.05) is 0 Å². The van der Waals surface area contributed by atoms with Gasteiger partial charge in [0.15, 0.2) is 0 Å². The first kappa shape index (κ1) is 28.8. The minimum Gasteiger partial charge on any atom is -1.00 e. The van der Waals surface area contributed by atoms with Gasteiger partial charge in [0.25, 0.3) is 0 Å². The van der Waals surface area contributed by atoms with Crippen LogP contribution >= 0.6 is 0 Å². The maximum Gasteiger partial charge on any atom is 2.00 e. The van der Waals surface area contributed by atoms with Gasteiger partial charge in [-0.25, -0.2) is 0 Å². The fourth-order valence-electron chi connectivity index (χ4n) is 0. The van der Waals surface area contributed by atoms with Crippen molar-refractivity contribution >= 4 is 37.7 Å². The fourth-order valence-corrected chi connectivity index (χ4v) is 0. The normalized spacial score (nSPS) is 0. The molecule has 0 rings (SSSR count). The van der Waals surface area contributed by atoms with Crippen molar-refractivity contribution in [2.75, 3.05) is 0 Å². The van der Waals surface area contributed by atoms with Crippen LogP contribution < -0.4 is 0 Å². The molecule has 0 aromatic heterocycles. The van der Waals surface area contributed by atoms with E-state index in [0.717, 1.165) is 0 Å². The van der Waals surface area contributed by atoms with E-state index in [-0.39, 0.29) is 92.7 Å². The zero-order valence-corrected chi connectivity index (χ0v) is 7.52. The molecule has 0 amide bonds. The van der Waals surface area contributed by atoms with Crippen molar-refractivity contribution in [3.63, 3.8) is 0 Å². The molecule has 0 fully saturated rings. The molecule has 0 aliphatic heterocycles. The van der Waals surface area contributed by atoms with Crippen molar-refractivity contribution in [2.24, 2.45) is 0 Å². The van der Waals surface area contributed by atoms with Crippen molar-refractivity contribution < 1.29 is 55.0 Å². The van der Waals surface area contributed by atoms with E-state index < -0.39 is 0 Å². The molecule has 0 spiro atoms. The Labute approximate surface area is 91.1 Å². The number of hydrogen-bond donors (Lipinski definition) is 0. The standard InChI is InChI=1S/Ca.Fe.Ni.V.2H/q+2;;;;2*-1. The minimum absolute atomic E-state index is 0. The molecule has 0 heterocycles. The first-order valence-electron chi connectivity index (χ1n) is 0. The molecule has 0 atom stereocenters. The molecule has 4 heteroatoms. The molecule has 0 aromatic carbocycles. The first-order valence-corrected chi connectivity index (χ1v) is 0. The quantitative estimate of drug-likeness (QED) is 0.484. The minimum atomic E-state index is 0. The van der Waals surface area contributed by atoms with Crippen molar-refractivity contribution in [3.05, 3.63) is 0 Å². The summed E-state index contributed by atoms with van der Waals surface area (Å²) in [5.74, 6) is 0. The Balaban J connectivity index is 0. The summed E-state index contributed by atoms with van der Waals surface area (Å²) in [6.45, 7) is 0. The van der Waals surface area contributed by atoms with E-state index in [9.17, 15) is 0 Å². The summed E-state index contributed by atoms with van der Waals surface area (Å²) < 4.78 is 0. The Bertz CT molecular complexity index is 13.5. The summed E-state index contributed by atoms with van der Waals surface area (Å²) in [4.78, 5) is 0. The van der Waals surface area contributed by atoms with Gasteiger partial charge < -0.3 is 2.85 Å². The number of rotatable bonds is 0. The van der Waals surface area contributed by atoms with Gasteiger partial charge in [-0.2, -0.15) is 0 Å². The zero-order valence-electron chi connectivity index (χ0n) is 3.82. The van der Waals surface area contributed by atoms with Crippen molar-refractivity contribution in [3.8, 4) is 0 Å². The average molecular weight is 208 g/mol. The molecule has 0 bridgehead atoms. The topological polar surface area (TPSA) is 0 Å². The van der Waals surface area contributed by atoms with Gasteiger partial charge >= 0.3 is 37.7 Å². The van der Waals surface area contributed by atoms with Crippen molar-refractivity contribution in [1.29, 1.82) is 0 Å². The second-order valence-corrected chi connectivity index (χ2v) is 0. The van der Waals surface area contributed by atoms with E-state index >= 15 is 0 Å². The van der Waals surface area contributed by atoms with E-state index in [1.54, 1.807) is 0 Å². The second kappa shape index (κ2) is 16.9. The van der Waals surface area contributed by atoms with E-state index in [4.69, 9.17) is 0 Å². The third-order valence-corrected chi connectivity index (χ3v) is 0. The molecule has 27 valence electrons. The second-order valence-electron chi connectivity index (χ2n) is 0. The van der Waals surface area contributed by atoms with Gasteiger partial charge in [0.05, 0.1) is 0 Å². The molecule has 1 radical (unpaired) electrons. The molecule has 4 heavy (non-hydrogen) atoms. The molecular weight excluding hydrogens is 206 g/mol. The SMILES string of the molecule is [Ca+2].[Fe].[H-].[H-].[Ni].[V]. The first-order chi connectivity index (χ1) is 0. The Kier molecular flexibility index (Phi) is 122. The molecule has 0 aliphatic rings. The van der Waals surface area contributed by atoms with Gasteiger partial charge in [-0.15, -0.1) is 0 Å². The summed E-state index contributed by atoms with van der Waals surface area (Å²) in [5, 5.41) is 0. The molecule has 0 aliphatic carbocycles. The van der Waals surface area contributed by atoms with Gasteiger partial charge in [0.2, 0.25) is 0 Å². The van der Waals surface area contributed by atoms with E-state index in [2.05, 4.69) is 0 Å². The zero-order chi connectivity index (χ0) is 0. The van der Waals surface area contributed by atoms with Gasteiger partial charge in [0, 0.05) is 52.1 Å². The predicted molar refractivity (Wildman–Crippen MR) is 7.98 cm³/mol. The monoisotopic (exact) mass is 207 g/mol. The van der Waals surface area contributed by atoms with Gasteiger partial charge in [-0.3, -0.25) is 0 Å². The Hall–Kier alpha value is 2.86. The predicted octanol–water partition coefficient (Wildman–Crippen LogP) is -0.163. The van der Waals surface area contributed by atoms with Crippen LogP contribution in [0.4, 0.5) is 0 Å². The summed E-state index contributed by atoms with van der Waals surface area (Å²) in [7, 11) is 0. The average Bonchev–Trinajstić information content (AvgIpc) is 0. The molecule has 0 saturated carbocycles. The molecule has 0 N–H and O–H groups in total. The van der Waals surface area contributed by atoms with Gasteiger partial charge in [0.1, 0.15) is 0 Å². The van der Waals surface area contributed by atoms with Crippen LogP contribution in [0.1, 0.15) is 2.85 Å². The third kappa shape index (κ3) is 8.85. The molecule has 0 aromatic rings. The molecule has 0 nitrogen and oxygen atoms in total. The molecule has 0 unspecified atom stereocenters. The number of hydrogen-bond acceptors (Lipinski definition) is 0. The maximum atomic E-state index is 0. The van der Waals surface area contributed by atoms with Crippen LogP contribution in [0.3, 0.4) is 0 Å². The summed E-state index contributed by atoms with van der Waals surface area (Å²) in [6, 6.07) is 0. The maximum absolute atomic E-state index is 0. The fraction of sp³-hybridized carbons (Fsp3) is 0. The van der Waals surface area contributed by atoms with Gasteiger partial charge in [-0.05, 0) is 0 Å². The van der Waals surface area contributed by atoms with E-state index in [0.29, 0.717) is 0 Å². The Morgan fingerprint density at radius 1 is 1.25 bits per heavy atom. The van der Waals surface area contributed by atoms with Crippen LogP contribution in [0, 0.1) is 0 Å². The molecular formula is H2CaFeNiV. The van der Waals surface area contributed by atoms with Crippen LogP contribution in [0.15, 0.2) is 0 Å². The van der Waals surface area contributed by atoms with E-state index in [1.165, 1.54) is 0 Å².